The van der Waals surface area contributed by atoms with Gasteiger partial charge in [0, 0.05) is 18.3 Å². The van der Waals surface area contributed by atoms with Crippen molar-refractivity contribution in [2.75, 3.05) is 31.3 Å². The average molecular weight is 394 g/mol. The van der Waals surface area contributed by atoms with Crippen LogP contribution in [0.1, 0.15) is 27.9 Å². The summed E-state index contributed by atoms with van der Waals surface area (Å²) in [6.07, 6.45) is 0.144. The van der Waals surface area contributed by atoms with Crippen LogP contribution >= 0.6 is 0 Å². The number of esters is 1. The number of anilines is 1. The molecular weight excluding hydrogens is 372 g/mol. The summed E-state index contributed by atoms with van der Waals surface area (Å²) in [5.41, 5.74) is 2.80. The van der Waals surface area contributed by atoms with Crippen LogP contribution in [0.4, 0.5) is 5.69 Å². The highest BCUT2D eigenvalue weighted by molar-refractivity contribution is 5.97. The van der Waals surface area contributed by atoms with E-state index in [1.807, 2.05) is 32.0 Å². The highest BCUT2D eigenvalue weighted by Crippen LogP contribution is 2.34. The first-order chi connectivity index (χ1) is 14.0. The van der Waals surface area contributed by atoms with Crippen molar-refractivity contribution < 1.29 is 23.8 Å². The van der Waals surface area contributed by atoms with Crippen molar-refractivity contribution in [1.29, 1.82) is 5.26 Å². The molecular formula is C22H22N2O5. The molecule has 7 nitrogen and oxygen atoms in total. The minimum atomic E-state index is -0.557. The van der Waals surface area contributed by atoms with Crippen molar-refractivity contribution in [3.63, 3.8) is 0 Å². The number of rotatable bonds is 6. The standard InChI is InChI=1S/C22H22N2O5/c1-15-4-6-18(16(2)12-15)22(26)29-14-21(25)24(9-3-8-23)17-5-7-19-20(13-17)28-11-10-27-19/h4-7,12-13H,3,9-11,14H2,1-2H3. The van der Waals surface area contributed by atoms with Crippen molar-refractivity contribution in [2.24, 2.45) is 0 Å². The van der Waals surface area contributed by atoms with Crippen molar-refractivity contribution in [3.8, 4) is 17.6 Å². The molecule has 0 aliphatic carbocycles. The number of nitrogens with zero attached hydrogens (tertiary/aromatic N) is 2. The Kier molecular flexibility index (Phi) is 6.35. The van der Waals surface area contributed by atoms with Crippen LogP contribution in [0.25, 0.3) is 0 Å². The predicted molar refractivity (Wildman–Crippen MR) is 106 cm³/mol. The molecule has 1 aliphatic rings. The van der Waals surface area contributed by atoms with Crippen LogP contribution in [0.5, 0.6) is 11.5 Å². The molecule has 0 aromatic heterocycles. The van der Waals surface area contributed by atoms with E-state index in [0.29, 0.717) is 36.0 Å². The average Bonchev–Trinajstić information content (AvgIpc) is 2.72. The molecule has 2 aromatic rings. The summed E-state index contributed by atoms with van der Waals surface area (Å²) in [4.78, 5) is 26.5. The van der Waals surface area contributed by atoms with Crippen molar-refractivity contribution in [2.45, 2.75) is 20.3 Å². The number of ether oxygens (including phenoxy) is 3. The Morgan fingerprint density at radius 1 is 1.10 bits per heavy atom. The molecule has 1 amide bonds. The number of hydrogen-bond acceptors (Lipinski definition) is 6. The fourth-order valence-corrected chi connectivity index (χ4v) is 3.09. The van der Waals surface area contributed by atoms with Gasteiger partial charge < -0.3 is 19.1 Å². The number of carbonyl (C=O) groups is 2. The van der Waals surface area contributed by atoms with Gasteiger partial charge in [0.05, 0.1) is 18.1 Å². The molecule has 0 fully saturated rings. The largest absolute Gasteiger partial charge is 0.486 e. The number of fused-ring (bicyclic) bond motifs is 1. The lowest BCUT2D eigenvalue weighted by Crippen LogP contribution is -2.35. The molecule has 0 N–H and O–H groups in total. The monoisotopic (exact) mass is 394 g/mol. The van der Waals surface area contributed by atoms with Crippen LogP contribution in [0.15, 0.2) is 36.4 Å². The fraction of sp³-hybridized carbons (Fsp3) is 0.318. The molecule has 0 spiro atoms. The van der Waals surface area contributed by atoms with Gasteiger partial charge in [0.15, 0.2) is 18.1 Å². The minimum Gasteiger partial charge on any atom is -0.486 e. The number of nitriles is 1. The topological polar surface area (TPSA) is 88.9 Å². The molecule has 0 saturated heterocycles. The van der Waals surface area contributed by atoms with Gasteiger partial charge in [-0.05, 0) is 37.6 Å². The maximum Gasteiger partial charge on any atom is 0.338 e. The van der Waals surface area contributed by atoms with Crippen LogP contribution in [0.2, 0.25) is 0 Å². The van der Waals surface area contributed by atoms with Gasteiger partial charge in [-0.15, -0.1) is 0 Å². The quantitative estimate of drug-likeness (QED) is 0.699. The van der Waals surface area contributed by atoms with E-state index in [4.69, 9.17) is 19.5 Å². The zero-order valence-corrected chi connectivity index (χ0v) is 16.4. The summed E-state index contributed by atoms with van der Waals surface area (Å²) < 4.78 is 16.3. The highest BCUT2D eigenvalue weighted by atomic mass is 16.6. The predicted octanol–water partition coefficient (Wildman–Crippen LogP) is 3.18. The van der Waals surface area contributed by atoms with E-state index in [-0.39, 0.29) is 13.0 Å². The normalized spacial score (nSPS) is 12.0. The smallest absolute Gasteiger partial charge is 0.338 e. The molecule has 0 unspecified atom stereocenters. The highest BCUT2D eigenvalue weighted by Gasteiger charge is 2.21. The summed E-state index contributed by atoms with van der Waals surface area (Å²) in [7, 11) is 0. The molecule has 1 heterocycles. The number of carbonyl (C=O) groups excluding carboxylic acids is 2. The van der Waals surface area contributed by atoms with Crippen LogP contribution in [0.3, 0.4) is 0 Å². The van der Waals surface area contributed by atoms with E-state index < -0.39 is 18.5 Å². The van der Waals surface area contributed by atoms with Crippen LogP contribution in [0, 0.1) is 25.2 Å². The Morgan fingerprint density at radius 2 is 1.86 bits per heavy atom. The Balaban J connectivity index is 1.72. The van der Waals surface area contributed by atoms with E-state index in [2.05, 4.69) is 0 Å². The van der Waals surface area contributed by atoms with Gasteiger partial charge in [0.25, 0.3) is 5.91 Å². The molecule has 7 heteroatoms. The summed E-state index contributed by atoms with van der Waals surface area (Å²) in [6.45, 7) is 4.40. The second kappa shape index (κ2) is 9.11. The zero-order valence-electron chi connectivity index (χ0n) is 16.4. The molecule has 1 aliphatic heterocycles. The zero-order chi connectivity index (χ0) is 20.8. The van der Waals surface area contributed by atoms with Gasteiger partial charge in [-0.2, -0.15) is 5.26 Å². The van der Waals surface area contributed by atoms with Crippen LogP contribution < -0.4 is 14.4 Å². The number of benzene rings is 2. The van der Waals surface area contributed by atoms with Gasteiger partial charge in [0.2, 0.25) is 0 Å². The van der Waals surface area contributed by atoms with Crippen LogP contribution in [-0.2, 0) is 9.53 Å². The molecule has 3 rings (SSSR count). The lowest BCUT2D eigenvalue weighted by molar-refractivity contribution is -0.121. The molecule has 150 valence electrons. The summed E-state index contributed by atoms with van der Waals surface area (Å²) in [6, 6.07) is 12.5. The van der Waals surface area contributed by atoms with Gasteiger partial charge >= 0.3 is 5.97 Å². The van der Waals surface area contributed by atoms with Gasteiger partial charge in [-0.1, -0.05) is 17.7 Å². The van der Waals surface area contributed by atoms with E-state index in [1.54, 1.807) is 24.3 Å². The maximum atomic E-state index is 12.8. The summed E-state index contributed by atoms with van der Waals surface area (Å²) in [5.74, 6) is 0.165. The van der Waals surface area contributed by atoms with Gasteiger partial charge in [0.1, 0.15) is 13.2 Å². The number of aryl methyl sites for hydroxylation is 2. The Hall–Kier alpha value is -3.53. The van der Waals surface area contributed by atoms with Gasteiger partial charge in [-0.3, -0.25) is 4.79 Å². The Bertz CT molecular complexity index is 964. The van der Waals surface area contributed by atoms with Crippen LogP contribution in [-0.4, -0.2) is 38.2 Å². The van der Waals surface area contributed by atoms with E-state index >= 15 is 0 Å². The molecule has 0 bridgehead atoms. The summed E-state index contributed by atoms with van der Waals surface area (Å²) in [5, 5.41) is 8.94. The first-order valence-electron chi connectivity index (χ1n) is 9.31. The molecule has 0 radical (unpaired) electrons. The number of hydrogen-bond donors (Lipinski definition) is 0. The van der Waals surface area contributed by atoms with E-state index in [0.717, 1.165) is 11.1 Å². The lowest BCUT2D eigenvalue weighted by atomic mass is 10.1. The Morgan fingerprint density at radius 3 is 2.59 bits per heavy atom. The third-order valence-corrected chi connectivity index (χ3v) is 4.51. The minimum absolute atomic E-state index is 0.144. The summed E-state index contributed by atoms with van der Waals surface area (Å²) >= 11 is 0. The van der Waals surface area contributed by atoms with Crippen molar-refractivity contribution in [3.05, 3.63) is 53.1 Å². The first kappa shape index (κ1) is 20.2. The third-order valence-electron chi connectivity index (χ3n) is 4.51. The third kappa shape index (κ3) is 4.85. The maximum absolute atomic E-state index is 12.8. The van der Waals surface area contributed by atoms with E-state index in [9.17, 15) is 9.59 Å². The van der Waals surface area contributed by atoms with Gasteiger partial charge in [-0.25, -0.2) is 4.79 Å². The Labute approximate surface area is 169 Å². The molecule has 0 atom stereocenters. The van der Waals surface area contributed by atoms with Crippen molar-refractivity contribution in [1.82, 2.24) is 0 Å². The first-order valence-corrected chi connectivity index (χ1v) is 9.31. The van der Waals surface area contributed by atoms with E-state index in [1.165, 1.54) is 4.90 Å². The van der Waals surface area contributed by atoms with Crippen molar-refractivity contribution >= 4 is 17.6 Å². The molecule has 29 heavy (non-hydrogen) atoms. The fourth-order valence-electron chi connectivity index (χ4n) is 3.09. The molecule has 2 aromatic carbocycles. The second-order valence-corrected chi connectivity index (χ2v) is 6.68. The lowest BCUT2D eigenvalue weighted by Gasteiger charge is -2.24. The number of amides is 1. The SMILES string of the molecule is Cc1ccc(C(=O)OCC(=O)N(CCC#N)c2ccc3c(c2)OCCO3)c(C)c1. The second-order valence-electron chi connectivity index (χ2n) is 6.68. The molecule has 0 saturated carbocycles.